The van der Waals surface area contributed by atoms with E-state index in [1.165, 1.54) is 7.11 Å². The molecule has 0 saturated heterocycles. The molecule has 0 bridgehead atoms. The summed E-state index contributed by atoms with van der Waals surface area (Å²) in [6.45, 7) is 1.84. The maximum atomic E-state index is 13.7. The lowest BCUT2D eigenvalue weighted by Crippen LogP contribution is -1.94. The Bertz CT molecular complexity index is 570. The van der Waals surface area contributed by atoms with E-state index in [2.05, 4.69) is 4.98 Å². The predicted molar refractivity (Wildman–Crippen MR) is 66.8 cm³/mol. The van der Waals surface area contributed by atoms with Crippen molar-refractivity contribution in [1.82, 2.24) is 4.98 Å². The molecule has 0 radical (unpaired) electrons. The van der Waals surface area contributed by atoms with Gasteiger partial charge in [-0.1, -0.05) is 12.1 Å². The third kappa shape index (κ3) is 2.33. The number of rotatable bonds is 3. The number of pyridine rings is 1. The van der Waals surface area contributed by atoms with Crippen LogP contribution >= 0.6 is 0 Å². The van der Waals surface area contributed by atoms with Gasteiger partial charge in [0.05, 0.1) is 19.9 Å². The second-order valence-corrected chi connectivity index (χ2v) is 4.01. The summed E-state index contributed by atoms with van der Waals surface area (Å²) in [5, 5.41) is 9.23. The molecule has 18 heavy (non-hydrogen) atoms. The summed E-state index contributed by atoms with van der Waals surface area (Å²) in [5.41, 5.74) is 2.87. The number of aliphatic hydroxyl groups excluding tert-OH is 1. The van der Waals surface area contributed by atoms with Gasteiger partial charge in [0.15, 0.2) is 0 Å². The van der Waals surface area contributed by atoms with Crippen LogP contribution in [0.4, 0.5) is 4.39 Å². The molecule has 0 amide bonds. The number of methoxy groups -OCH3 is 1. The highest BCUT2D eigenvalue weighted by molar-refractivity contribution is 5.66. The molecule has 0 atom stereocenters. The van der Waals surface area contributed by atoms with Crippen LogP contribution in [0.5, 0.6) is 5.88 Å². The highest BCUT2D eigenvalue weighted by atomic mass is 19.1. The van der Waals surface area contributed by atoms with E-state index in [0.717, 1.165) is 17.3 Å². The number of nitrogens with zero attached hydrogens (tertiary/aromatic N) is 1. The van der Waals surface area contributed by atoms with E-state index < -0.39 is 5.82 Å². The van der Waals surface area contributed by atoms with E-state index in [1.807, 2.05) is 19.1 Å². The van der Waals surface area contributed by atoms with Crippen LogP contribution < -0.4 is 4.74 Å². The monoisotopic (exact) mass is 247 g/mol. The van der Waals surface area contributed by atoms with Crippen LogP contribution in [0.1, 0.15) is 11.1 Å². The molecule has 0 aliphatic carbocycles. The third-order valence-electron chi connectivity index (χ3n) is 2.87. The van der Waals surface area contributed by atoms with E-state index in [-0.39, 0.29) is 6.61 Å². The Balaban J connectivity index is 2.54. The van der Waals surface area contributed by atoms with E-state index in [1.54, 1.807) is 12.1 Å². The Morgan fingerprint density at radius 1 is 1.33 bits per heavy atom. The van der Waals surface area contributed by atoms with Gasteiger partial charge in [0, 0.05) is 11.6 Å². The van der Waals surface area contributed by atoms with Crippen molar-refractivity contribution in [3.05, 3.63) is 47.4 Å². The van der Waals surface area contributed by atoms with Crippen molar-refractivity contribution in [2.75, 3.05) is 7.11 Å². The lowest BCUT2D eigenvalue weighted by atomic mass is 10.0. The fourth-order valence-corrected chi connectivity index (χ4v) is 1.76. The van der Waals surface area contributed by atoms with Crippen molar-refractivity contribution < 1.29 is 14.2 Å². The number of halogens is 1. The van der Waals surface area contributed by atoms with Crippen LogP contribution in [-0.2, 0) is 6.61 Å². The smallest absolute Gasteiger partial charge is 0.213 e. The Morgan fingerprint density at radius 3 is 2.78 bits per heavy atom. The maximum absolute atomic E-state index is 13.7. The molecule has 94 valence electrons. The molecular weight excluding hydrogens is 233 g/mol. The van der Waals surface area contributed by atoms with E-state index in [9.17, 15) is 9.50 Å². The molecule has 1 aromatic heterocycles. The first-order valence-corrected chi connectivity index (χ1v) is 5.56. The van der Waals surface area contributed by atoms with Gasteiger partial charge >= 0.3 is 0 Å². The first-order valence-electron chi connectivity index (χ1n) is 5.56. The highest BCUT2D eigenvalue weighted by Gasteiger charge is 2.09. The number of aliphatic hydroxyl groups is 1. The number of aryl methyl sites for hydroxylation is 1. The first-order chi connectivity index (χ1) is 8.65. The molecular formula is C14H14FNO2. The number of aromatic nitrogens is 1. The Labute approximate surface area is 105 Å². The topological polar surface area (TPSA) is 42.4 Å². The summed E-state index contributed by atoms with van der Waals surface area (Å²) in [5.74, 6) is -0.0546. The summed E-state index contributed by atoms with van der Waals surface area (Å²) < 4.78 is 18.7. The Kier molecular flexibility index (Phi) is 3.58. The molecule has 0 fully saturated rings. The predicted octanol–water partition coefficient (Wildman–Crippen LogP) is 2.70. The van der Waals surface area contributed by atoms with Gasteiger partial charge in [0.1, 0.15) is 5.82 Å². The van der Waals surface area contributed by atoms with Gasteiger partial charge in [-0.25, -0.2) is 9.37 Å². The standard InChI is InChI=1S/C14H14FNO2/c1-9-3-4-10(5-11(9)8-17)12-6-14(18-2)16-7-13(12)15/h3-7,17H,8H2,1-2H3. The zero-order valence-corrected chi connectivity index (χ0v) is 10.3. The zero-order chi connectivity index (χ0) is 13.1. The molecule has 0 spiro atoms. The molecule has 1 heterocycles. The quantitative estimate of drug-likeness (QED) is 0.906. The lowest BCUT2D eigenvalue weighted by molar-refractivity contribution is 0.281. The molecule has 1 aromatic carbocycles. The van der Waals surface area contributed by atoms with Crippen LogP contribution in [0.25, 0.3) is 11.1 Å². The summed E-state index contributed by atoms with van der Waals surface area (Å²) in [6.07, 6.45) is 1.13. The molecule has 2 aromatic rings. The second-order valence-electron chi connectivity index (χ2n) is 4.01. The Hall–Kier alpha value is -1.94. The number of hydrogen-bond donors (Lipinski definition) is 1. The van der Waals surface area contributed by atoms with Crippen molar-refractivity contribution >= 4 is 0 Å². The largest absolute Gasteiger partial charge is 0.481 e. The van der Waals surface area contributed by atoms with E-state index in [4.69, 9.17) is 4.74 Å². The third-order valence-corrected chi connectivity index (χ3v) is 2.87. The van der Waals surface area contributed by atoms with Gasteiger partial charge < -0.3 is 9.84 Å². The van der Waals surface area contributed by atoms with Crippen LogP contribution in [0.15, 0.2) is 30.5 Å². The highest BCUT2D eigenvalue weighted by Crippen LogP contribution is 2.27. The number of ether oxygens (including phenoxy) is 1. The van der Waals surface area contributed by atoms with Gasteiger partial charge in [-0.2, -0.15) is 0 Å². The van der Waals surface area contributed by atoms with Gasteiger partial charge in [0.25, 0.3) is 0 Å². The van der Waals surface area contributed by atoms with Gasteiger partial charge in [-0.3, -0.25) is 0 Å². The minimum absolute atomic E-state index is 0.0660. The van der Waals surface area contributed by atoms with Crippen LogP contribution in [0, 0.1) is 12.7 Å². The molecule has 0 aliphatic rings. The average molecular weight is 247 g/mol. The lowest BCUT2D eigenvalue weighted by Gasteiger charge is -2.09. The fraction of sp³-hybridized carbons (Fsp3) is 0.214. The van der Waals surface area contributed by atoms with Crippen molar-refractivity contribution in [2.24, 2.45) is 0 Å². The van der Waals surface area contributed by atoms with Gasteiger partial charge in [-0.05, 0) is 29.7 Å². The molecule has 1 N–H and O–H groups in total. The van der Waals surface area contributed by atoms with Gasteiger partial charge in [-0.15, -0.1) is 0 Å². The van der Waals surface area contributed by atoms with Gasteiger partial charge in [0.2, 0.25) is 5.88 Å². The summed E-state index contributed by atoms with van der Waals surface area (Å²) in [4.78, 5) is 3.80. The van der Waals surface area contributed by atoms with Crippen molar-refractivity contribution in [2.45, 2.75) is 13.5 Å². The van der Waals surface area contributed by atoms with Crippen molar-refractivity contribution in [3.8, 4) is 17.0 Å². The van der Waals surface area contributed by atoms with E-state index in [0.29, 0.717) is 17.0 Å². The van der Waals surface area contributed by atoms with Crippen LogP contribution in [0.3, 0.4) is 0 Å². The summed E-state index contributed by atoms with van der Waals surface area (Å²) >= 11 is 0. The minimum atomic E-state index is -0.413. The van der Waals surface area contributed by atoms with Crippen LogP contribution in [0.2, 0.25) is 0 Å². The van der Waals surface area contributed by atoms with Crippen molar-refractivity contribution in [3.63, 3.8) is 0 Å². The second kappa shape index (κ2) is 5.14. The molecule has 4 heteroatoms. The fourth-order valence-electron chi connectivity index (χ4n) is 1.76. The normalized spacial score (nSPS) is 10.4. The summed E-state index contributed by atoms with van der Waals surface area (Å²) in [7, 11) is 1.48. The zero-order valence-electron chi connectivity index (χ0n) is 10.3. The molecule has 0 saturated carbocycles. The molecule has 0 unspecified atom stereocenters. The summed E-state index contributed by atoms with van der Waals surface area (Å²) in [6, 6.07) is 6.98. The Morgan fingerprint density at radius 2 is 2.11 bits per heavy atom. The first kappa shape index (κ1) is 12.5. The molecule has 3 nitrogen and oxygen atoms in total. The van der Waals surface area contributed by atoms with Crippen molar-refractivity contribution in [1.29, 1.82) is 0 Å². The maximum Gasteiger partial charge on any atom is 0.213 e. The average Bonchev–Trinajstić information content (AvgIpc) is 2.40. The SMILES string of the molecule is COc1cc(-c2ccc(C)c(CO)c2)c(F)cn1. The number of benzene rings is 1. The molecule has 0 aliphatic heterocycles. The number of hydrogen-bond acceptors (Lipinski definition) is 3. The minimum Gasteiger partial charge on any atom is -0.481 e. The van der Waals surface area contributed by atoms with E-state index >= 15 is 0 Å². The van der Waals surface area contributed by atoms with Crippen LogP contribution in [-0.4, -0.2) is 17.2 Å². The molecule has 2 rings (SSSR count).